The molecule has 2 heterocycles. The molecule has 0 radical (unpaired) electrons. The molecule has 0 aromatic heterocycles. The van der Waals surface area contributed by atoms with Gasteiger partial charge in [0.05, 0.1) is 17.4 Å². The standard InChI is InChI=1S/C28H36N2O11/c1-13-6-7-17(31)22-21(13)27-10-11-30(5)16(4)28(27,38)9-8-19(23(27)41-22)40-20(33)12-18(32)26(37)39-15(3)24(34)29-14(2)25(35)36/h6-8,14-16,18,23,31-32,38H,9-12H2,1-5H3,(H,29,34)(H,35,36)/t14-,15-,16+,18-,23-,27-,28+/m0/s1. The Labute approximate surface area is 236 Å². The Morgan fingerprint density at radius 3 is 2.59 bits per heavy atom. The molecule has 0 unspecified atom stereocenters. The fraction of sp³-hybridized carbons (Fsp3) is 0.571. The Morgan fingerprint density at radius 1 is 1.24 bits per heavy atom. The van der Waals surface area contributed by atoms with Crippen LogP contribution in [0.25, 0.3) is 0 Å². The zero-order valence-corrected chi connectivity index (χ0v) is 23.5. The second-order valence-electron chi connectivity index (χ2n) is 11.1. The monoisotopic (exact) mass is 576 g/mol. The van der Waals surface area contributed by atoms with Crippen molar-refractivity contribution in [3.05, 3.63) is 35.1 Å². The van der Waals surface area contributed by atoms with Crippen molar-refractivity contribution in [3.63, 3.8) is 0 Å². The van der Waals surface area contributed by atoms with E-state index in [1.165, 1.54) is 19.9 Å². The number of amides is 1. The average molecular weight is 577 g/mol. The number of aromatic hydroxyl groups is 1. The highest BCUT2D eigenvalue weighted by molar-refractivity contribution is 5.89. The molecule has 13 heteroatoms. The number of carboxylic acid groups (broad SMARTS) is 1. The first-order valence-electron chi connectivity index (χ1n) is 13.4. The minimum absolute atomic E-state index is 0.0856. The number of carbonyl (C=O) groups is 4. The summed E-state index contributed by atoms with van der Waals surface area (Å²) in [7, 11) is 1.91. The van der Waals surface area contributed by atoms with E-state index >= 15 is 0 Å². The fourth-order valence-corrected chi connectivity index (χ4v) is 6.12. The maximum atomic E-state index is 12.9. The van der Waals surface area contributed by atoms with Gasteiger partial charge in [0, 0.05) is 18.0 Å². The molecule has 5 N–H and O–H groups in total. The average Bonchev–Trinajstić information content (AvgIpc) is 3.28. The Balaban J connectivity index is 1.51. The Kier molecular flexibility index (Phi) is 8.09. The number of likely N-dealkylation sites (tertiary alicyclic amines) is 1. The van der Waals surface area contributed by atoms with Crippen LogP contribution in [-0.2, 0) is 34.1 Å². The van der Waals surface area contributed by atoms with E-state index in [9.17, 15) is 34.5 Å². The summed E-state index contributed by atoms with van der Waals surface area (Å²) in [5.74, 6) is -4.25. The van der Waals surface area contributed by atoms with Gasteiger partial charge in [-0.25, -0.2) is 4.79 Å². The summed E-state index contributed by atoms with van der Waals surface area (Å²) in [6.07, 6.45) is -3.07. The normalized spacial score (nSPS) is 28.9. The number of phenols is 1. The Hall–Kier alpha value is -3.68. The highest BCUT2D eigenvalue weighted by atomic mass is 16.6. The highest BCUT2D eigenvalue weighted by Gasteiger charge is 2.69. The van der Waals surface area contributed by atoms with Gasteiger partial charge in [-0.3, -0.25) is 14.4 Å². The molecule has 0 bridgehead atoms. The van der Waals surface area contributed by atoms with Gasteiger partial charge in [0.15, 0.2) is 29.8 Å². The summed E-state index contributed by atoms with van der Waals surface area (Å²) in [6.45, 7) is 6.78. The number of fused-ring (bicyclic) bond motifs is 1. The van der Waals surface area contributed by atoms with Crippen LogP contribution >= 0.6 is 0 Å². The number of aliphatic carboxylic acids is 1. The number of aliphatic hydroxyl groups excluding tert-OH is 1. The number of phenolic OH excluding ortho intramolecular Hbond substituents is 1. The van der Waals surface area contributed by atoms with E-state index in [1.807, 2.05) is 25.8 Å². The lowest BCUT2D eigenvalue weighted by atomic mass is 9.54. The van der Waals surface area contributed by atoms with E-state index in [2.05, 4.69) is 5.32 Å². The van der Waals surface area contributed by atoms with Gasteiger partial charge in [-0.1, -0.05) is 6.07 Å². The third-order valence-corrected chi connectivity index (χ3v) is 8.59. The van der Waals surface area contributed by atoms with Gasteiger partial charge in [0.25, 0.3) is 5.91 Å². The number of hydrogen-bond donors (Lipinski definition) is 5. The molecule has 1 fully saturated rings. The van der Waals surface area contributed by atoms with Crippen molar-refractivity contribution in [3.8, 4) is 11.5 Å². The number of aliphatic hydroxyl groups is 2. The van der Waals surface area contributed by atoms with Crippen molar-refractivity contribution in [2.45, 2.75) is 88.4 Å². The van der Waals surface area contributed by atoms with E-state index in [0.29, 0.717) is 18.5 Å². The van der Waals surface area contributed by atoms with Crippen molar-refractivity contribution < 1.29 is 53.8 Å². The number of rotatable bonds is 8. The number of ether oxygens (including phenoxy) is 3. The van der Waals surface area contributed by atoms with Crippen LogP contribution in [0.4, 0.5) is 0 Å². The molecular weight excluding hydrogens is 540 g/mol. The first-order valence-corrected chi connectivity index (χ1v) is 13.4. The lowest BCUT2D eigenvalue weighted by Gasteiger charge is -2.58. The summed E-state index contributed by atoms with van der Waals surface area (Å²) < 4.78 is 16.7. The first kappa shape index (κ1) is 30.3. The zero-order chi connectivity index (χ0) is 30.4. The molecule has 7 atom stereocenters. The van der Waals surface area contributed by atoms with Crippen molar-refractivity contribution in [2.24, 2.45) is 0 Å². The predicted octanol–water partition coefficient (Wildman–Crippen LogP) is 0.257. The first-order chi connectivity index (χ1) is 19.1. The third kappa shape index (κ3) is 5.02. The van der Waals surface area contributed by atoms with Crippen molar-refractivity contribution >= 4 is 23.8 Å². The van der Waals surface area contributed by atoms with E-state index < -0.39 is 65.6 Å². The second-order valence-corrected chi connectivity index (χ2v) is 11.1. The number of hydrogen-bond acceptors (Lipinski definition) is 11. The van der Waals surface area contributed by atoms with Crippen LogP contribution in [0.5, 0.6) is 11.5 Å². The minimum Gasteiger partial charge on any atom is -0.504 e. The molecule has 1 saturated heterocycles. The van der Waals surface area contributed by atoms with Gasteiger partial charge in [-0.05, 0) is 65.4 Å². The fourth-order valence-electron chi connectivity index (χ4n) is 6.12. The highest BCUT2D eigenvalue weighted by Crippen LogP contribution is 2.62. The molecule has 0 saturated carbocycles. The lowest BCUT2D eigenvalue weighted by molar-refractivity contribution is -0.169. The van der Waals surface area contributed by atoms with Crippen molar-refractivity contribution in [1.29, 1.82) is 0 Å². The summed E-state index contributed by atoms with van der Waals surface area (Å²) >= 11 is 0. The molecule has 3 aliphatic rings. The molecule has 4 rings (SSSR count). The van der Waals surface area contributed by atoms with Crippen LogP contribution in [0.15, 0.2) is 24.0 Å². The molecule has 1 aliphatic carbocycles. The summed E-state index contributed by atoms with van der Waals surface area (Å²) in [4.78, 5) is 50.2. The molecule has 41 heavy (non-hydrogen) atoms. The van der Waals surface area contributed by atoms with Gasteiger partial charge in [-0.15, -0.1) is 0 Å². The van der Waals surface area contributed by atoms with Crippen LogP contribution in [0.2, 0.25) is 0 Å². The van der Waals surface area contributed by atoms with Crippen molar-refractivity contribution in [1.82, 2.24) is 10.2 Å². The van der Waals surface area contributed by atoms with E-state index in [4.69, 9.17) is 19.3 Å². The maximum Gasteiger partial charge on any atom is 0.336 e. The number of carbonyl (C=O) groups excluding carboxylic acids is 3. The molecule has 13 nitrogen and oxygen atoms in total. The summed E-state index contributed by atoms with van der Waals surface area (Å²) in [5, 5.41) is 44.1. The van der Waals surface area contributed by atoms with Crippen molar-refractivity contribution in [2.75, 3.05) is 13.6 Å². The van der Waals surface area contributed by atoms with Gasteiger partial charge in [0.1, 0.15) is 11.8 Å². The molecular formula is C28H36N2O11. The van der Waals surface area contributed by atoms with E-state index in [1.54, 1.807) is 12.1 Å². The molecule has 1 amide bonds. The number of nitrogens with one attached hydrogen (secondary N) is 1. The van der Waals surface area contributed by atoms with Crippen LogP contribution < -0.4 is 10.1 Å². The van der Waals surface area contributed by atoms with Gasteiger partial charge < -0.3 is 44.9 Å². The number of carboxylic acids is 1. The predicted molar refractivity (Wildman–Crippen MR) is 141 cm³/mol. The topological polar surface area (TPSA) is 192 Å². The Morgan fingerprint density at radius 2 is 1.93 bits per heavy atom. The number of nitrogens with zero attached hydrogens (tertiary/aromatic N) is 1. The van der Waals surface area contributed by atoms with Gasteiger partial charge in [0.2, 0.25) is 0 Å². The zero-order valence-electron chi connectivity index (χ0n) is 23.5. The van der Waals surface area contributed by atoms with Gasteiger partial charge in [-0.2, -0.15) is 0 Å². The molecule has 1 aromatic carbocycles. The molecule has 224 valence electrons. The SMILES string of the molecule is Cc1ccc(O)c2c1[C@]13CCN(C)[C@H](C)[C@]1(O)CC=C(OC(=O)C[C@H](O)C(=O)O[C@@H](C)C(=O)N[C@@H](C)C(=O)O)[C@@H]3O2. The van der Waals surface area contributed by atoms with Gasteiger partial charge >= 0.3 is 17.9 Å². The number of aryl methyl sites for hydroxylation is 1. The minimum atomic E-state index is -1.97. The van der Waals surface area contributed by atoms with E-state index in [0.717, 1.165) is 5.56 Å². The molecule has 1 spiro atoms. The second kappa shape index (κ2) is 11.0. The van der Waals surface area contributed by atoms with Crippen LogP contribution in [0, 0.1) is 6.92 Å². The third-order valence-electron chi connectivity index (χ3n) is 8.59. The summed E-state index contributed by atoms with van der Waals surface area (Å²) in [6, 6.07) is 1.71. The number of likely N-dealkylation sites (N-methyl/N-ethyl adjacent to an activating group) is 1. The summed E-state index contributed by atoms with van der Waals surface area (Å²) in [5.41, 5.74) is -0.922. The maximum absolute atomic E-state index is 12.9. The largest absolute Gasteiger partial charge is 0.504 e. The van der Waals surface area contributed by atoms with E-state index in [-0.39, 0.29) is 29.7 Å². The molecule has 1 aromatic rings. The van der Waals surface area contributed by atoms with Crippen LogP contribution in [-0.4, -0.2) is 98.7 Å². The molecule has 2 aliphatic heterocycles. The smallest absolute Gasteiger partial charge is 0.336 e. The number of piperidine rings is 1. The number of benzene rings is 1. The quantitative estimate of drug-likeness (QED) is 0.266. The Bertz CT molecular complexity index is 1300. The van der Waals surface area contributed by atoms with Crippen LogP contribution in [0.1, 0.15) is 51.2 Å². The lowest BCUT2D eigenvalue weighted by Crippen LogP contribution is -2.71. The number of esters is 2. The van der Waals surface area contributed by atoms with Crippen LogP contribution in [0.3, 0.4) is 0 Å².